The average Bonchev–Trinajstić information content (AvgIpc) is 2.96. The largest absolute Gasteiger partial charge is 0.336 e. The van der Waals surface area contributed by atoms with Gasteiger partial charge in [-0.25, -0.2) is 4.98 Å². The van der Waals surface area contributed by atoms with Gasteiger partial charge in [-0.15, -0.1) is 0 Å². The Balaban J connectivity index is 2.27. The van der Waals surface area contributed by atoms with Gasteiger partial charge in [0.05, 0.1) is 29.2 Å². The Kier molecular flexibility index (Phi) is 3.87. The number of nitrogens with zero attached hydrogens (tertiary/aromatic N) is 2. The van der Waals surface area contributed by atoms with Crippen LogP contribution in [-0.4, -0.2) is 22.0 Å². The van der Waals surface area contributed by atoms with Crippen LogP contribution in [0.3, 0.4) is 0 Å². The fourth-order valence-electron chi connectivity index (χ4n) is 1.72. The normalized spacial score (nSPS) is 10.9. The molecule has 0 aliphatic rings. The van der Waals surface area contributed by atoms with Gasteiger partial charge in [-0.2, -0.15) is 5.26 Å². The number of nitriles is 1. The maximum Gasteiger partial charge on any atom is 0.167 e. The molecule has 2 aromatic rings. The lowest BCUT2D eigenvalue weighted by Crippen LogP contribution is -1.97. The van der Waals surface area contributed by atoms with Crippen molar-refractivity contribution in [2.24, 2.45) is 0 Å². The van der Waals surface area contributed by atoms with E-state index in [1.807, 2.05) is 6.07 Å². The number of aldehydes is 1. The quantitative estimate of drug-likeness (QED) is 0.656. The van der Waals surface area contributed by atoms with Crippen LogP contribution in [-0.2, 0) is 0 Å². The van der Waals surface area contributed by atoms with Crippen molar-refractivity contribution >= 4 is 17.6 Å². The number of rotatable bonds is 4. The summed E-state index contributed by atoms with van der Waals surface area (Å²) in [4.78, 5) is 17.5. The van der Waals surface area contributed by atoms with E-state index in [2.05, 4.69) is 9.97 Å². The maximum atomic E-state index is 10.6. The number of carbonyl (C=O) groups excluding carboxylic acids is 1. The van der Waals surface area contributed by atoms with Gasteiger partial charge in [0.1, 0.15) is 5.82 Å². The minimum Gasteiger partial charge on any atom is -0.336 e. The van der Waals surface area contributed by atoms with Crippen LogP contribution in [0.5, 0.6) is 0 Å². The van der Waals surface area contributed by atoms with Crippen LogP contribution in [0.2, 0.25) is 0 Å². The van der Waals surface area contributed by atoms with Gasteiger partial charge in [-0.3, -0.25) is 4.79 Å². The fraction of sp³-hybridized carbons (Fsp3) is 0.0667. The van der Waals surface area contributed by atoms with Crippen molar-refractivity contribution in [3.8, 4) is 6.07 Å². The zero-order valence-corrected chi connectivity index (χ0v) is 10.8. The van der Waals surface area contributed by atoms with Crippen molar-refractivity contribution in [2.75, 3.05) is 0 Å². The number of nitrogens with one attached hydrogen (secondary N) is 2. The molecule has 1 aromatic heterocycles. The molecule has 2 rings (SSSR count). The van der Waals surface area contributed by atoms with Crippen molar-refractivity contribution in [3.05, 3.63) is 59.2 Å². The molecule has 0 aliphatic heterocycles. The number of H-pyrrole nitrogens is 1. The molecule has 0 spiro atoms. The van der Waals surface area contributed by atoms with Gasteiger partial charge in [0.15, 0.2) is 6.29 Å². The molecule has 98 valence electrons. The summed E-state index contributed by atoms with van der Waals surface area (Å²) in [7, 11) is 0. The minimum absolute atomic E-state index is 0.281. The lowest BCUT2D eigenvalue weighted by Gasteiger charge is -2.01. The first-order chi connectivity index (χ1) is 9.63. The molecule has 0 bridgehead atoms. The Bertz CT molecular complexity index is 734. The zero-order chi connectivity index (χ0) is 14.5. The third-order valence-electron chi connectivity index (χ3n) is 2.76. The summed E-state index contributed by atoms with van der Waals surface area (Å²) >= 11 is 0. The maximum absolute atomic E-state index is 10.6. The van der Waals surface area contributed by atoms with Crippen LogP contribution in [0.4, 0.5) is 0 Å². The Labute approximate surface area is 116 Å². The van der Waals surface area contributed by atoms with Crippen LogP contribution >= 0.6 is 0 Å². The molecule has 5 heteroatoms. The fourth-order valence-corrected chi connectivity index (χ4v) is 1.72. The first kappa shape index (κ1) is 13.4. The SMILES string of the molecule is C/C(=C/C(=N)c1cccc(C#N)c1)c1ncc(C=O)[nH]1. The molecule has 5 nitrogen and oxygen atoms in total. The third kappa shape index (κ3) is 2.87. The number of imidazole rings is 1. The van der Waals surface area contributed by atoms with Crippen LogP contribution in [0.15, 0.2) is 36.5 Å². The summed E-state index contributed by atoms with van der Waals surface area (Å²) in [5, 5.41) is 16.9. The molecule has 1 heterocycles. The van der Waals surface area contributed by atoms with Crippen molar-refractivity contribution in [1.29, 1.82) is 10.7 Å². The van der Waals surface area contributed by atoms with E-state index in [1.54, 1.807) is 37.3 Å². The molecule has 0 saturated heterocycles. The monoisotopic (exact) mass is 264 g/mol. The number of aromatic amines is 1. The second kappa shape index (κ2) is 5.76. The highest BCUT2D eigenvalue weighted by atomic mass is 16.1. The molecular weight excluding hydrogens is 252 g/mol. The standard InChI is InChI=1S/C15H12N4O/c1-10(15-18-8-13(9-20)19-15)5-14(17)12-4-2-3-11(6-12)7-16/h2-6,8-9,17H,1H3,(H,18,19)/b10-5-,17-14?. The van der Waals surface area contributed by atoms with Crippen molar-refractivity contribution < 1.29 is 4.79 Å². The molecule has 0 aliphatic carbocycles. The molecule has 0 fully saturated rings. The van der Waals surface area contributed by atoms with Crippen LogP contribution in [0, 0.1) is 16.7 Å². The van der Waals surface area contributed by atoms with Crippen LogP contribution in [0.25, 0.3) is 5.57 Å². The number of hydrogen-bond acceptors (Lipinski definition) is 4. The van der Waals surface area contributed by atoms with Gasteiger partial charge >= 0.3 is 0 Å². The van der Waals surface area contributed by atoms with E-state index < -0.39 is 0 Å². The molecule has 0 unspecified atom stereocenters. The van der Waals surface area contributed by atoms with Gasteiger partial charge in [0.25, 0.3) is 0 Å². The van der Waals surface area contributed by atoms with Crippen LogP contribution in [0.1, 0.15) is 34.4 Å². The Morgan fingerprint density at radius 1 is 1.50 bits per heavy atom. The highest BCUT2D eigenvalue weighted by molar-refractivity contribution is 6.10. The van der Waals surface area contributed by atoms with E-state index >= 15 is 0 Å². The van der Waals surface area contributed by atoms with E-state index in [9.17, 15) is 4.79 Å². The zero-order valence-electron chi connectivity index (χ0n) is 10.8. The Morgan fingerprint density at radius 2 is 2.30 bits per heavy atom. The van der Waals surface area contributed by atoms with Crippen molar-refractivity contribution in [2.45, 2.75) is 6.92 Å². The lowest BCUT2D eigenvalue weighted by atomic mass is 10.1. The van der Waals surface area contributed by atoms with Gasteiger partial charge in [0, 0.05) is 5.56 Å². The summed E-state index contributed by atoms with van der Waals surface area (Å²) in [6, 6.07) is 8.90. The Morgan fingerprint density at radius 3 is 2.95 bits per heavy atom. The summed E-state index contributed by atoms with van der Waals surface area (Å²) in [6.45, 7) is 1.80. The topological polar surface area (TPSA) is 93.4 Å². The van der Waals surface area contributed by atoms with Gasteiger partial charge in [-0.05, 0) is 30.7 Å². The highest BCUT2D eigenvalue weighted by Gasteiger charge is 2.05. The molecule has 2 N–H and O–H groups in total. The van der Waals surface area contributed by atoms with Crippen molar-refractivity contribution in [3.63, 3.8) is 0 Å². The number of benzene rings is 1. The summed E-state index contributed by atoms with van der Waals surface area (Å²) in [5.41, 5.74) is 2.59. The predicted octanol–water partition coefficient (Wildman–Crippen LogP) is 2.57. The van der Waals surface area contributed by atoms with Crippen molar-refractivity contribution in [1.82, 2.24) is 9.97 Å². The number of aromatic nitrogens is 2. The van der Waals surface area contributed by atoms with Crippen LogP contribution < -0.4 is 0 Å². The second-order valence-electron chi connectivity index (χ2n) is 4.24. The van der Waals surface area contributed by atoms with E-state index in [0.29, 0.717) is 28.9 Å². The minimum atomic E-state index is 0.281. The van der Waals surface area contributed by atoms with E-state index in [4.69, 9.17) is 10.7 Å². The summed E-state index contributed by atoms with van der Waals surface area (Å²) in [6.07, 6.45) is 3.77. The molecule has 0 atom stereocenters. The third-order valence-corrected chi connectivity index (χ3v) is 2.76. The number of hydrogen-bond donors (Lipinski definition) is 2. The van der Waals surface area contributed by atoms with Gasteiger partial charge in [-0.1, -0.05) is 12.1 Å². The summed E-state index contributed by atoms with van der Waals surface area (Å²) in [5.74, 6) is 0.549. The van der Waals surface area contributed by atoms with Gasteiger partial charge in [0.2, 0.25) is 0 Å². The van der Waals surface area contributed by atoms with E-state index in [1.165, 1.54) is 6.20 Å². The Hall–Kier alpha value is -3.00. The average molecular weight is 264 g/mol. The number of carbonyl (C=O) groups is 1. The van der Waals surface area contributed by atoms with Gasteiger partial charge < -0.3 is 10.4 Å². The van der Waals surface area contributed by atoms with E-state index in [0.717, 1.165) is 5.57 Å². The second-order valence-corrected chi connectivity index (χ2v) is 4.24. The molecular formula is C15H12N4O. The molecule has 1 aromatic carbocycles. The molecule has 0 saturated carbocycles. The first-order valence-corrected chi connectivity index (χ1v) is 5.92. The number of allylic oxidation sites excluding steroid dienone is 2. The lowest BCUT2D eigenvalue weighted by molar-refractivity contribution is 0.111. The molecule has 0 amide bonds. The molecule has 20 heavy (non-hydrogen) atoms. The molecule has 0 radical (unpaired) electrons. The first-order valence-electron chi connectivity index (χ1n) is 5.92. The smallest absolute Gasteiger partial charge is 0.167 e. The highest BCUT2D eigenvalue weighted by Crippen LogP contribution is 2.12. The van der Waals surface area contributed by atoms with E-state index in [-0.39, 0.29) is 5.71 Å². The predicted molar refractivity (Wildman–Crippen MR) is 75.6 cm³/mol. The summed E-state index contributed by atoms with van der Waals surface area (Å²) < 4.78 is 0.